The number of benzene rings is 2. The quantitative estimate of drug-likeness (QED) is 0.633. The summed E-state index contributed by atoms with van der Waals surface area (Å²) in [6.45, 7) is 8.47. The number of hydrogen-bond acceptors (Lipinski definition) is 4. The molecule has 1 saturated heterocycles. The van der Waals surface area contributed by atoms with Gasteiger partial charge < -0.3 is 9.64 Å². The Kier molecular flexibility index (Phi) is 6.12. The molecule has 31 heavy (non-hydrogen) atoms. The standard InChI is InChI=1S/C26H30N2O3/c1-4-16-31-22-7-5-6-21(17-22)28-25(29)23(20-10-8-18(2)9-11-20)24(26(28)30)27-14-12-19(3)13-15-27/h5-11,17,19H,4,12-16H2,1-3H3. The first-order chi connectivity index (χ1) is 15.0. The Labute approximate surface area is 184 Å². The summed E-state index contributed by atoms with van der Waals surface area (Å²) < 4.78 is 5.73. The van der Waals surface area contributed by atoms with E-state index in [9.17, 15) is 9.59 Å². The van der Waals surface area contributed by atoms with Gasteiger partial charge in [-0.15, -0.1) is 0 Å². The van der Waals surface area contributed by atoms with Crippen molar-refractivity contribution in [1.29, 1.82) is 0 Å². The minimum Gasteiger partial charge on any atom is -0.494 e. The molecule has 0 spiro atoms. The van der Waals surface area contributed by atoms with Crippen LogP contribution in [0.5, 0.6) is 5.75 Å². The minimum atomic E-state index is -0.268. The fourth-order valence-corrected chi connectivity index (χ4v) is 4.19. The van der Waals surface area contributed by atoms with Crippen molar-refractivity contribution in [2.75, 3.05) is 24.6 Å². The summed E-state index contributed by atoms with van der Waals surface area (Å²) in [4.78, 5) is 30.7. The van der Waals surface area contributed by atoms with Gasteiger partial charge in [0.25, 0.3) is 11.8 Å². The second kappa shape index (κ2) is 8.96. The monoisotopic (exact) mass is 418 g/mol. The maximum absolute atomic E-state index is 13.6. The van der Waals surface area contributed by atoms with Crippen LogP contribution < -0.4 is 9.64 Å². The average molecular weight is 419 g/mol. The Morgan fingerprint density at radius 2 is 1.71 bits per heavy atom. The number of aryl methyl sites for hydroxylation is 1. The smallest absolute Gasteiger partial charge is 0.282 e. The highest BCUT2D eigenvalue weighted by molar-refractivity contribution is 6.45. The minimum absolute atomic E-state index is 0.247. The normalized spacial score (nSPS) is 17.6. The molecular formula is C26H30N2O3. The summed E-state index contributed by atoms with van der Waals surface area (Å²) in [5.74, 6) is 0.783. The maximum Gasteiger partial charge on any atom is 0.282 e. The molecule has 162 valence electrons. The van der Waals surface area contributed by atoms with Gasteiger partial charge in [0.1, 0.15) is 11.4 Å². The van der Waals surface area contributed by atoms with E-state index in [-0.39, 0.29) is 11.8 Å². The fraction of sp³-hybridized carbons (Fsp3) is 0.385. The maximum atomic E-state index is 13.6. The number of carbonyl (C=O) groups is 2. The number of hydrogen-bond donors (Lipinski definition) is 0. The van der Waals surface area contributed by atoms with Crippen molar-refractivity contribution in [1.82, 2.24) is 4.90 Å². The van der Waals surface area contributed by atoms with Crippen molar-refractivity contribution in [3.8, 4) is 5.75 Å². The molecule has 0 aliphatic carbocycles. The van der Waals surface area contributed by atoms with Crippen molar-refractivity contribution in [2.45, 2.75) is 40.0 Å². The topological polar surface area (TPSA) is 49.9 Å². The summed E-state index contributed by atoms with van der Waals surface area (Å²) in [6.07, 6.45) is 2.93. The zero-order chi connectivity index (χ0) is 22.0. The Bertz CT molecular complexity index is 1000. The van der Waals surface area contributed by atoms with Gasteiger partial charge in [-0.1, -0.05) is 49.7 Å². The molecule has 0 saturated carbocycles. The molecule has 0 aromatic heterocycles. The third-order valence-electron chi connectivity index (χ3n) is 6.05. The SMILES string of the molecule is CCCOc1cccc(N2C(=O)C(c3ccc(C)cc3)=C(N3CCC(C)CC3)C2=O)c1. The van der Waals surface area contributed by atoms with Gasteiger partial charge in [-0.3, -0.25) is 9.59 Å². The molecule has 2 aliphatic rings. The molecule has 2 amide bonds. The number of amides is 2. The largest absolute Gasteiger partial charge is 0.494 e. The van der Waals surface area contributed by atoms with E-state index < -0.39 is 0 Å². The van der Waals surface area contributed by atoms with E-state index in [1.165, 1.54) is 4.90 Å². The molecule has 0 atom stereocenters. The number of nitrogens with zero attached hydrogens (tertiary/aromatic N) is 2. The van der Waals surface area contributed by atoms with Gasteiger partial charge in [-0.05, 0) is 49.8 Å². The van der Waals surface area contributed by atoms with Crippen LogP contribution in [0.2, 0.25) is 0 Å². The molecular weight excluding hydrogens is 388 g/mol. The van der Waals surface area contributed by atoms with Crippen LogP contribution in [0.1, 0.15) is 44.2 Å². The fourth-order valence-electron chi connectivity index (χ4n) is 4.19. The Hall–Kier alpha value is -3.08. The molecule has 0 unspecified atom stereocenters. The van der Waals surface area contributed by atoms with Crippen LogP contribution in [-0.4, -0.2) is 36.4 Å². The molecule has 1 fully saturated rings. The van der Waals surface area contributed by atoms with Crippen LogP contribution in [0.4, 0.5) is 5.69 Å². The van der Waals surface area contributed by atoms with Crippen LogP contribution >= 0.6 is 0 Å². The highest BCUT2D eigenvalue weighted by atomic mass is 16.5. The first-order valence-electron chi connectivity index (χ1n) is 11.2. The summed E-state index contributed by atoms with van der Waals surface area (Å²) in [7, 11) is 0. The molecule has 2 heterocycles. The predicted molar refractivity (Wildman–Crippen MR) is 123 cm³/mol. The number of anilines is 1. The van der Waals surface area contributed by atoms with Gasteiger partial charge in [0.15, 0.2) is 0 Å². The third kappa shape index (κ3) is 4.22. The molecule has 2 aliphatic heterocycles. The van der Waals surface area contributed by atoms with E-state index >= 15 is 0 Å². The first-order valence-corrected chi connectivity index (χ1v) is 11.2. The second-order valence-corrected chi connectivity index (χ2v) is 8.55. The zero-order valence-electron chi connectivity index (χ0n) is 18.6. The van der Waals surface area contributed by atoms with Gasteiger partial charge in [0, 0.05) is 19.2 Å². The van der Waals surface area contributed by atoms with Crippen LogP contribution in [0.3, 0.4) is 0 Å². The van der Waals surface area contributed by atoms with E-state index in [4.69, 9.17) is 4.74 Å². The van der Waals surface area contributed by atoms with Gasteiger partial charge in [-0.25, -0.2) is 4.90 Å². The molecule has 5 heteroatoms. The summed E-state index contributed by atoms with van der Waals surface area (Å²) in [6, 6.07) is 15.1. The highest BCUT2D eigenvalue weighted by Crippen LogP contribution is 2.37. The number of rotatable bonds is 6. The summed E-state index contributed by atoms with van der Waals surface area (Å²) >= 11 is 0. The molecule has 5 nitrogen and oxygen atoms in total. The van der Waals surface area contributed by atoms with Crippen molar-refractivity contribution in [3.05, 3.63) is 65.4 Å². The number of carbonyl (C=O) groups excluding carboxylic acids is 2. The van der Waals surface area contributed by atoms with Gasteiger partial charge in [-0.2, -0.15) is 0 Å². The number of imide groups is 1. The molecule has 2 aromatic rings. The zero-order valence-corrected chi connectivity index (χ0v) is 18.6. The van der Waals surface area contributed by atoms with Crippen molar-refractivity contribution in [2.24, 2.45) is 5.92 Å². The average Bonchev–Trinajstić information content (AvgIpc) is 3.03. The van der Waals surface area contributed by atoms with Crippen LogP contribution in [-0.2, 0) is 9.59 Å². The molecule has 0 bridgehead atoms. The van der Waals surface area contributed by atoms with E-state index in [0.717, 1.165) is 43.5 Å². The summed E-state index contributed by atoms with van der Waals surface area (Å²) in [5.41, 5.74) is 3.49. The Balaban J connectivity index is 1.74. The van der Waals surface area contributed by atoms with E-state index in [0.29, 0.717) is 35.2 Å². The molecule has 2 aromatic carbocycles. The van der Waals surface area contributed by atoms with Gasteiger partial charge in [0.2, 0.25) is 0 Å². The van der Waals surface area contributed by atoms with Crippen molar-refractivity contribution < 1.29 is 14.3 Å². The van der Waals surface area contributed by atoms with E-state index in [2.05, 4.69) is 11.8 Å². The Morgan fingerprint density at radius 1 is 1.00 bits per heavy atom. The lowest BCUT2D eigenvalue weighted by Gasteiger charge is -2.32. The number of piperidine rings is 1. The van der Waals surface area contributed by atoms with Crippen molar-refractivity contribution in [3.63, 3.8) is 0 Å². The van der Waals surface area contributed by atoms with Crippen molar-refractivity contribution >= 4 is 23.1 Å². The predicted octanol–water partition coefficient (Wildman–Crippen LogP) is 4.80. The second-order valence-electron chi connectivity index (χ2n) is 8.55. The summed E-state index contributed by atoms with van der Waals surface area (Å²) in [5, 5.41) is 0. The van der Waals surface area contributed by atoms with Crippen LogP contribution in [0.15, 0.2) is 54.2 Å². The molecule has 4 rings (SSSR count). The molecule has 0 radical (unpaired) electrons. The number of likely N-dealkylation sites (tertiary alicyclic amines) is 1. The molecule has 0 N–H and O–H groups in total. The van der Waals surface area contributed by atoms with E-state index in [1.54, 1.807) is 12.1 Å². The highest BCUT2D eigenvalue weighted by Gasteiger charge is 2.43. The first kappa shape index (κ1) is 21.2. The third-order valence-corrected chi connectivity index (χ3v) is 6.05. The van der Waals surface area contributed by atoms with E-state index in [1.807, 2.05) is 50.2 Å². The lowest BCUT2D eigenvalue weighted by molar-refractivity contribution is -0.120. The lowest BCUT2D eigenvalue weighted by atomic mass is 9.97. The van der Waals surface area contributed by atoms with Crippen LogP contribution in [0, 0.1) is 12.8 Å². The number of ether oxygens (including phenoxy) is 1. The van der Waals surface area contributed by atoms with Gasteiger partial charge >= 0.3 is 0 Å². The van der Waals surface area contributed by atoms with Gasteiger partial charge in [0.05, 0.1) is 17.9 Å². The Morgan fingerprint density at radius 3 is 2.39 bits per heavy atom. The van der Waals surface area contributed by atoms with Crippen LogP contribution in [0.25, 0.3) is 5.57 Å². The lowest BCUT2D eigenvalue weighted by Crippen LogP contribution is -2.38.